The maximum atomic E-state index is 5.80. The molecule has 3 aromatic heterocycles. The minimum Gasteiger partial charge on any atom is -0.387 e. The lowest BCUT2D eigenvalue weighted by atomic mass is 9.88. The van der Waals surface area contributed by atoms with Crippen molar-refractivity contribution in [3.8, 4) is 0 Å². The van der Waals surface area contributed by atoms with Gasteiger partial charge < -0.3 is 4.42 Å². The first kappa shape index (κ1) is 19.6. The van der Waals surface area contributed by atoms with E-state index in [-0.39, 0.29) is 16.2 Å². The number of tetrazole rings is 1. The number of rotatable bonds is 6. The molecule has 0 unspecified atom stereocenters. The average molecular weight is 391 g/mol. The fraction of sp³-hybridized carbons (Fsp3) is 0.667. The number of hydrogen-bond acceptors (Lipinski definition) is 7. The Morgan fingerprint density at radius 3 is 2.44 bits per heavy atom. The molecule has 146 valence electrons. The normalized spacial score (nSPS) is 13.3. The Balaban J connectivity index is 1.73. The lowest BCUT2D eigenvalue weighted by Crippen LogP contribution is -2.45. The lowest BCUT2D eigenvalue weighted by molar-refractivity contribution is -0.761. The van der Waals surface area contributed by atoms with Crippen LogP contribution in [0.2, 0.25) is 0 Å². The molecule has 9 heteroatoms. The number of nitrogens with zero attached hydrogens (tertiary/aromatic N) is 6. The summed E-state index contributed by atoms with van der Waals surface area (Å²) in [4.78, 5) is 4.81. The third-order valence-electron chi connectivity index (χ3n) is 4.41. The fourth-order valence-corrected chi connectivity index (χ4v) is 3.73. The minimum absolute atomic E-state index is 0.0692. The van der Waals surface area contributed by atoms with Crippen LogP contribution < -0.4 is 4.68 Å². The molecule has 0 aromatic carbocycles. The van der Waals surface area contributed by atoms with Gasteiger partial charge in [-0.3, -0.25) is 0 Å². The Labute approximate surface area is 163 Å². The van der Waals surface area contributed by atoms with Gasteiger partial charge in [-0.2, -0.15) is 5.21 Å². The first-order chi connectivity index (χ1) is 12.5. The highest BCUT2D eigenvalue weighted by atomic mass is 32.1. The quantitative estimate of drug-likeness (QED) is 0.650. The monoisotopic (exact) mass is 390 g/mol. The molecule has 3 aromatic rings. The van der Waals surface area contributed by atoms with E-state index in [1.165, 1.54) is 0 Å². The van der Waals surface area contributed by atoms with Crippen LogP contribution in [0.25, 0.3) is 0 Å². The standard InChI is InChI=1S/C18H28N7OS/c1-16(2,3)15-19-12(9-27-15)8-17(4,5)14-22-25(11-26-14)10-18(6,7)13-20-23-24-21-13/h9,11H,8,10H2,1-7H3,(H,20,21,23,24)/q+1. The maximum absolute atomic E-state index is 5.80. The number of aromatic nitrogens is 7. The molecule has 0 aliphatic heterocycles. The van der Waals surface area contributed by atoms with Gasteiger partial charge in [0, 0.05) is 22.3 Å². The second-order valence-corrected chi connectivity index (χ2v) is 10.2. The summed E-state index contributed by atoms with van der Waals surface area (Å²) in [6.45, 7) is 15.5. The van der Waals surface area contributed by atoms with Gasteiger partial charge in [-0.25, -0.2) is 4.98 Å². The van der Waals surface area contributed by atoms with Crippen molar-refractivity contribution in [3.63, 3.8) is 0 Å². The second-order valence-electron chi connectivity index (χ2n) is 9.30. The molecule has 3 rings (SSSR count). The van der Waals surface area contributed by atoms with Crippen LogP contribution in [0.1, 0.15) is 70.9 Å². The number of nitrogens with one attached hydrogen (secondary N) is 1. The highest BCUT2D eigenvalue weighted by Crippen LogP contribution is 2.30. The maximum Gasteiger partial charge on any atom is 0.361 e. The lowest BCUT2D eigenvalue weighted by Gasteiger charge is -2.18. The SMILES string of the molecule is CC(C)(C)c1nc(CC(C)(C)c2n[n+](CC(C)(C)c3nn[nH]n3)co2)cs1. The van der Waals surface area contributed by atoms with Crippen molar-refractivity contribution < 1.29 is 9.10 Å². The summed E-state index contributed by atoms with van der Waals surface area (Å²) in [5.41, 5.74) is 0.573. The van der Waals surface area contributed by atoms with E-state index >= 15 is 0 Å². The molecule has 0 spiro atoms. The van der Waals surface area contributed by atoms with Crippen LogP contribution in [0.15, 0.2) is 16.2 Å². The van der Waals surface area contributed by atoms with Crippen molar-refractivity contribution in [2.75, 3.05) is 0 Å². The molecule has 0 aliphatic rings. The predicted octanol–water partition coefficient (Wildman–Crippen LogP) is 2.73. The number of hydrogen-bond donors (Lipinski definition) is 1. The van der Waals surface area contributed by atoms with Gasteiger partial charge in [0.25, 0.3) is 5.89 Å². The fourth-order valence-electron chi connectivity index (χ4n) is 2.83. The summed E-state index contributed by atoms with van der Waals surface area (Å²) >= 11 is 1.71. The van der Waals surface area contributed by atoms with Crippen LogP contribution >= 0.6 is 11.3 Å². The van der Waals surface area contributed by atoms with Crippen molar-refractivity contribution in [1.29, 1.82) is 0 Å². The van der Waals surface area contributed by atoms with Gasteiger partial charge in [0.1, 0.15) is 0 Å². The molecule has 0 fully saturated rings. The van der Waals surface area contributed by atoms with E-state index < -0.39 is 0 Å². The summed E-state index contributed by atoms with van der Waals surface area (Å²) in [5, 5.41) is 22.3. The molecule has 1 N–H and O–H groups in total. The molecule has 0 atom stereocenters. The van der Waals surface area contributed by atoms with Gasteiger partial charge in [0.05, 0.1) is 21.5 Å². The summed E-state index contributed by atoms with van der Waals surface area (Å²) in [5.74, 6) is 1.34. The molecular weight excluding hydrogens is 362 g/mol. The van der Waals surface area contributed by atoms with Crippen molar-refractivity contribution in [2.24, 2.45) is 0 Å². The van der Waals surface area contributed by atoms with E-state index in [2.05, 4.69) is 65.7 Å². The van der Waals surface area contributed by atoms with Crippen molar-refractivity contribution in [3.05, 3.63) is 34.2 Å². The Morgan fingerprint density at radius 1 is 1.11 bits per heavy atom. The van der Waals surface area contributed by atoms with Gasteiger partial charge >= 0.3 is 6.39 Å². The van der Waals surface area contributed by atoms with Crippen molar-refractivity contribution in [2.45, 2.75) is 77.7 Å². The topological polar surface area (TPSA) is 97.3 Å². The summed E-state index contributed by atoms with van der Waals surface area (Å²) in [7, 11) is 0. The van der Waals surface area contributed by atoms with E-state index in [0.717, 1.165) is 17.1 Å². The van der Waals surface area contributed by atoms with Crippen molar-refractivity contribution >= 4 is 11.3 Å². The molecular formula is C18H28N7OS+. The van der Waals surface area contributed by atoms with Gasteiger partial charge in [-0.1, -0.05) is 44.5 Å². The van der Waals surface area contributed by atoms with E-state index in [1.54, 1.807) is 22.4 Å². The molecule has 0 aliphatic carbocycles. The van der Waals surface area contributed by atoms with Gasteiger partial charge in [-0.15, -0.1) is 21.5 Å². The van der Waals surface area contributed by atoms with Gasteiger partial charge in [0.15, 0.2) is 12.4 Å². The molecule has 0 radical (unpaired) electrons. The largest absolute Gasteiger partial charge is 0.387 e. The Hall–Kier alpha value is -2.16. The van der Waals surface area contributed by atoms with E-state index in [4.69, 9.17) is 9.40 Å². The summed E-state index contributed by atoms with van der Waals surface area (Å²) < 4.78 is 7.60. The zero-order chi connectivity index (χ0) is 19.9. The van der Waals surface area contributed by atoms with Crippen molar-refractivity contribution in [1.82, 2.24) is 30.7 Å². The van der Waals surface area contributed by atoms with E-state index in [1.807, 2.05) is 13.8 Å². The Kier molecular flexibility index (Phi) is 4.92. The first-order valence-corrected chi connectivity index (χ1v) is 9.90. The van der Waals surface area contributed by atoms with Crippen LogP contribution in [-0.2, 0) is 29.2 Å². The van der Waals surface area contributed by atoms with Crippen LogP contribution in [0, 0.1) is 0 Å². The second kappa shape index (κ2) is 6.78. The number of aromatic amines is 1. The molecule has 0 bridgehead atoms. The first-order valence-electron chi connectivity index (χ1n) is 9.02. The van der Waals surface area contributed by atoms with Crippen LogP contribution in [0.3, 0.4) is 0 Å². The highest BCUT2D eigenvalue weighted by Gasteiger charge is 2.36. The van der Waals surface area contributed by atoms with Gasteiger partial charge in [0.2, 0.25) is 0 Å². The summed E-state index contributed by atoms with van der Waals surface area (Å²) in [6.07, 6.45) is 2.43. The number of thiazole rings is 1. The highest BCUT2D eigenvalue weighted by molar-refractivity contribution is 7.09. The molecule has 3 heterocycles. The molecule has 0 saturated heterocycles. The average Bonchev–Trinajstić information content (AvgIpc) is 3.27. The van der Waals surface area contributed by atoms with E-state index in [9.17, 15) is 0 Å². The third kappa shape index (κ3) is 4.40. The molecule has 0 saturated carbocycles. The minimum atomic E-state index is -0.313. The smallest absolute Gasteiger partial charge is 0.361 e. The van der Waals surface area contributed by atoms with Gasteiger partial charge in [-0.05, 0) is 13.8 Å². The predicted molar refractivity (Wildman–Crippen MR) is 101 cm³/mol. The third-order valence-corrected chi connectivity index (χ3v) is 5.73. The summed E-state index contributed by atoms with van der Waals surface area (Å²) in [6, 6.07) is 0. The Morgan fingerprint density at radius 2 is 1.85 bits per heavy atom. The molecule has 27 heavy (non-hydrogen) atoms. The Bertz CT molecular complexity index is 887. The van der Waals surface area contributed by atoms with E-state index in [0.29, 0.717) is 18.3 Å². The van der Waals surface area contributed by atoms with Crippen LogP contribution in [-0.4, -0.2) is 30.7 Å². The molecule has 8 nitrogen and oxygen atoms in total. The molecule has 0 amide bonds. The van der Waals surface area contributed by atoms with Crippen LogP contribution in [0.4, 0.5) is 0 Å². The van der Waals surface area contributed by atoms with Crippen LogP contribution in [0.5, 0.6) is 0 Å². The zero-order valence-corrected chi connectivity index (χ0v) is 17.9. The zero-order valence-electron chi connectivity index (χ0n) is 17.1. The number of H-pyrrole nitrogens is 1.